The second kappa shape index (κ2) is 10.6. The molecule has 3 aromatic rings. The van der Waals surface area contributed by atoms with Gasteiger partial charge in [-0.15, -0.1) is 0 Å². The zero-order chi connectivity index (χ0) is 24.1. The van der Waals surface area contributed by atoms with Gasteiger partial charge in [-0.05, 0) is 37.5 Å². The lowest BCUT2D eigenvalue weighted by Gasteiger charge is -2.33. The highest BCUT2D eigenvalue weighted by Crippen LogP contribution is 2.26. The minimum Gasteiger partial charge on any atom is -0.359 e. The highest BCUT2D eigenvalue weighted by Gasteiger charge is 2.28. The number of nitrogens with one attached hydrogen (secondary N) is 1. The summed E-state index contributed by atoms with van der Waals surface area (Å²) in [5.74, 6) is -2.15. The summed E-state index contributed by atoms with van der Waals surface area (Å²) in [5, 5.41) is 6.66. The molecule has 0 radical (unpaired) electrons. The van der Waals surface area contributed by atoms with Gasteiger partial charge >= 0.3 is 0 Å². The lowest BCUT2D eigenvalue weighted by Crippen LogP contribution is -2.41. The molecule has 0 spiro atoms. The fourth-order valence-corrected chi connectivity index (χ4v) is 4.24. The van der Waals surface area contributed by atoms with Crippen LogP contribution in [0.3, 0.4) is 0 Å². The fraction of sp³-hybridized carbons (Fsp3) is 0.346. The Bertz CT molecular complexity index is 1130. The minimum absolute atomic E-state index is 0.0554. The summed E-state index contributed by atoms with van der Waals surface area (Å²) in [6.45, 7) is 2.39. The first-order valence-electron chi connectivity index (χ1n) is 11.5. The maximum Gasteiger partial charge on any atom is 0.273 e. The molecule has 1 heterocycles. The van der Waals surface area contributed by atoms with Crippen molar-refractivity contribution in [2.45, 2.75) is 58.2 Å². The van der Waals surface area contributed by atoms with Crippen molar-refractivity contribution in [2.24, 2.45) is 0 Å². The van der Waals surface area contributed by atoms with E-state index in [2.05, 4.69) is 10.5 Å². The van der Waals surface area contributed by atoms with Crippen LogP contribution in [0.5, 0.6) is 0 Å². The van der Waals surface area contributed by atoms with Gasteiger partial charge in [-0.1, -0.05) is 54.2 Å². The maximum atomic E-state index is 13.7. The van der Waals surface area contributed by atoms with E-state index < -0.39 is 23.4 Å². The Morgan fingerprint density at radius 2 is 1.71 bits per heavy atom. The number of aromatic nitrogens is 1. The van der Waals surface area contributed by atoms with E-state index in [1.54, 1.807) is 4.90 Å². The SMILES string of the molecule is Cc1ccc(CNC(=O)c2cc(CN(C(=O)c3cc(F)cc(F)c3)C3CCCCC3)on2)cc1. The highest BCUT2D eigenvalue weighted by molar-refractivity contribution is 5.94. The van der Waals surface area contributed by atoms with Crippen LogP contribution in [-0.2, 0) is 13.1 Å². The largest absolute Gasteiger partial charge is 0.359 e. The number of hydrogen-bond donors (Lipinski definition) is 1. The number of halogens is 2. The van der Waals surface area contributed by atoms with Gasteiger partial charge in [0.1, 0.15) is 11.6 Å². The number of carbonyl (C=O) groups is 2. The molecular weight excluding hydrogens is 440 g/mol. The van der Waals surface area contributed by atoms with Crippen molar-refractivity contribution in [1.29, 1.82) is 0 Å². The molecule has 2 amide bonds. The van der Waals surface area contributed by atoms with Crippen LogP contribution in [0.15, 0.2) is 53.1 Å². The molecule has 1 aliphatic rings. The van der Waals surface area contributed by atoms with E-state index in [1.165, 1.54) is 6.07 Å². The standard InChI is InChI=1S/C26H27F2N3O3/c1-17-7-9-18(10-8-17)15-29-25(32)24-14-23(34-30-24)16-31(22-5-3-2-4-6-22)26(33)19-11-20(27)13-21(28)12-19/h7-14,22H,2-6,15-16H2,1H3,(H,29,32). The van der Waals surface area contributed by atoms with Gasteiger partial charge in [0, 0.05) is 30.3 Å². The van der Waals surface area contributed by atoms with Crippen molar-refractivity contribution >= 4 is 11.8 Å². The third-order valence-electron chi connectivity index (χ3n) is 6.08. The Hall–Kier alpha value is -3.55. The van der Waals surface area contributed by atoms with Crippen molar-refractivity contribution in [3.8, 4) is 0 Å². The summed E-state index contributed by atoms with van der Waals surface area (Å²) < 4.78 is 32.8. The van der Waals surface area contributed by atoms with E-state index in [-0.39, 0.29) is 23.8 Å². The van der Waals surface area contributed by atoms with Crippen molar-refractivity contribution < 1.29 is 22.9 Å². The van der Waals surface area contributed by atoms with Crippen molar-refractivity contribution in [2.75, 3.05) is 0 Å². The Morgan fingerprint density at radius 1 is 1.03 bits per heavy atom. The van der Waals surface area contributed by atoms with Gasteiger partial charge in [-0.25, -0.2) is 8.78 Å². The van der Waals surface area contributed by atoms with Crippen LogP contribution in [-0.4, -0.2) is 27.9 Å². The summed E-state index contributed by atoms with van der Waals surface area (Å²) in [7, 11) is 0. The van der Waals surface area contributed by atoms with E-state index in [0.717, 1.165) is 61.4 Å². The molecule has 1 fully saturated rings. The predicted molar refractivity (Wildman–Crippen MR) is 122 cm³/mol. The molecule has 178 valence electrons. The number of nitrogens with zero attached hydrogens (tertiary/aromatic N) is 2. The van der Waals surface area contributed by atoms with E-state index in [9.17, 15) is 18.4 Å². The number of benzene rings is 2. The first kappa shape index (κ1) is 23.6. The molecule has 1 aromatic heterocycles. The average Bonchev–Trinajstić information content (AvgIpc) is 3.30. The van der Waals surface area contributed by atoms with Gasteiger partial charge in [0.2, 0.25) is 0 Å². The van der Waals surface area contributed by atoms with Crippen LogP contribution in [0.2, 0.25) is 0 Å². The number of amides is 2. The topological polar surface area (TPSA) is 75.4 Å². The molecule has 6 nitrogen and oxygen atoms in total. The second-order valence-corrected chi connectivity index (χ2v) is 8.73. The van der Waals surface area contributed by atoms with Crippen LogP contribution >= 0.6 is 0 Å². The van der Waals surface area contributed by atoms with Gasteiger partial charge in [-0.2, -0.15) is 0 Å². The van der Waals surface area contributed by atoms with Crippen LogP contribution in [0.4, 0.5) is 8.78 Å². The monoisotopic (exact) mass is 467 g/mol. The molecule has 0 atom stereocenters. The summed E-state index contributed by atoms with van der Waals surface area (Å²) in [6.07, 6.45) is 4.61. The van der Waals surface area contributed by atoms with E-state index in [0.29, 0.717) is 12.3 Å². The third-order valence-corrected chi connectivity index (χ3v) is 6.08. The Kier molecular flexibility index (Phi) is 7.35. The van der Waals surface area contributed by atoms with E-state index in [1.807, 2.05) is 31.2 Å². The summed E-state index contributed by atoms with van der Waals surface area (Å²) in [5.41, 5.74) is 2.14. The Labute approximate surface area is 196 Å². The second-order valence-electron chi connectivity index (χ2n) is 8.73. The number of rotatable bonds is 7. The quantitative estimate of drug-likeness (QED) is 0.520. The normalized spacial score (nSPS) is 14.1. The van der Waals surface area contributed by atoms with Gasteiger partial charge in [0.15, 0.2) is 11.5 Å². The third kappa shape index (κ3) is 5.87. The Balaban J connectivity index is 1.47. The molecule has 0 bridgehead atoms. The van der Waals surface area contributed by atoms with Crippen LogP contribution in [0.25, 0.3) is 0 Å². The molecule has 0 saturated heterocycles. The summed E-state index contributed by atoms with van der Waals surface area (Å²) >= 11 is 0. The average molecular weight is 468 g/mol. The van der Waals surface area contributed by atoms with Crippen LogP contribution < -0.4 is 5.32 Å². The van der Waals surface area contributed by atoms with Crippen molar-refractivity contribution in [3.63, 3.8) is 0 Å². The summed E-state index contributed by atoms with van der Waals surface area (Å²) in [4.78, 5) is 27.3. The lowest BCUT2D eigenvalue weighted by molar-refractivity contribution is 0.0589. The smallest absolute Gasteiger partial charge is 0.273 e. The molecule has 4 rings (SSSR count). The molecule has 0 aliphatic heterocycles. The number of carbonyl (C=O) groups excluding carboxylic acids is 2. The zero-order valence-electron chi connectivity index (χ0n) is 19.0. The zero-order valence-corrected chi connectivity index (χ0v) is 19.0. The molecule has 34 heavy (non-hydrogen) atoms. The summed E-state index contributed by atoms with van der Waals surface area (Å²) in [6, 6.07) is 12.0. The van der Waals surface area contributed by atoms with Gasteiger partial charge in [-0.3, -0.25) is 9.59 Å². The van der Waals surface area contributed by atoms with Crippen LogP contribution in [0.1, 0.15) is 69.8 Å². The predicted octanol–water partition coefficient (Wildman–Crippen LogP) is 5.17. The molecular formula is C26H27F2N3O3. The lowest BCUT2D eigenvalue weighted by atomic mass is 9.93. The number of hydrogen-bond acceptors (Lipinski definition) is 4. The van der Waals surface area contributed by atoms with Crippen molar-refractivity contribution in [3.05, 3.63) is 88.3 Å². The first-order chi connectivity index (χ1) is 16.4. The molecule has 0 unspecified atom stereocenters. The van der Waals surface area contributed by atoms with Gasteiger partial charge in [0.25, 0.3) is 11.8 Å². The fourth-order valence-electron chi connectivity index (χ4n) is 4.24. The Morgan fingerprint density at radius 3 is 2.38 bits per heavy atom. The minimum atomic E-state index is -0.806. The van der Waals surface area contributed by atoms with Crippen molar-refractivity contribution in [1.82, 2.24) is 15.4 Å². The van der Waals surface area contributed by atoms with E-state index >= 15 is 0 Å². The number of aryl methyl sites for hydroxylation is 1. The highest BCUT2D eigenvalue weighted by atomic mass is 19.1. The van der Waals surface area contributed by atoms with E-state index in [4.69, 9.17) is 4.52 Å². The molecule has 8 heteroatoms. The molecule has 2 aromatic carbocycles. The molecule has 1 N–H and O–H groups in total. The first-order valence-corrected chi connectivity index (χ1v) is 11.5. The maximum absolute atomic E-state index is 13.7. The molecule has 1 aliphatic carbocycles. The molecule has 1 saturated carbocycles. The van der Waals surface area contributed by atoms with Crippen LogP contribution in [0, 0.1) is 18.6 Å². The van der Waals surface area contributed by atoms with Gasteiger partial charge in [0.05, 0.1) is 6.54 Å². The van der Waals surface area contributed by atoms with Gasteiger partial charge < -0.3 is 14.7 Å².